The van der Waals surface area contributed by atoms with E-state index in [1.807, 2.05) is 52.0 Å². The van der Waals surface area contributed by atoms with Gasteiger partial charge in [0, 0.05) is 24.3 Å². The first kappa shape index (κ1) is 23.9. The Hall–Kier alpha value is -2.37. The minimum atomic E-state index is -0.782. The summed E-state index contributed by atoms with van der Waals surface area (Å²) in [5.41, 5.74) is 3.79. The molecular formula is C25H34O5. The lowest BCUT2D eigenvalue weighted by atomic mass is 10.1. The first-order valence-corrected chi connectivity index (χ1v) is 10.7. The smallest absolute Gasteiger partial charge is 0.394 e. The van der Waals surface area contributed by atoms with Gasteiger partial charge in [0.2, 0.25) is 0 Å². The van der Waals surface area contributed by atoms with Gasteiger partial charge in [0.15, 0.2) is 0 Å². The van der Waals surface area contributed by atoms with Crippen molar-refractivity contribution in [1.82, 2.24) is 0 Å². The van der Waals surface area contributed by atoms with Crippen LogP contribution in [0.3, 0.4) is 0 Å². The van der Waals surface area contributed by atoms with Crippen LogP contribution >= 0.6 is 0 Å². The maximum atomic E-state index is 12.6. The third-order valence-electron chi connectivity index (χ3n) is 4.74. The summed E-state index contributed by atoms with van der Waals surface area (Å²) in [6.07, 6.45) is 0.678. The molecular weight excluding hydrogens is 380 g/mol. The lowest BCUT2D eigenvalue weighted by molar-refractivity contribution is 0.0627. The van der Waals surface area contributed by atoms with Crippen molar-refractivity contribution < 1.29 is 23.7 Å². The van der Waals surface area contributed by atoms with E-state index in [0.29, 0.717) is 24.7 Å². The monoisotopic (exact) mass is 414 g/mol. The van der Waals surface area contributed by atoms with Gasteiger partial charge in [-0.25, -0.2) is 4.79 Å². The molecule has 2 aromatic carbocycles. The van der Waals surface area contributed by atoms with Crippen molar-refractivity contribution in [3.63, 3.8) is 0 Å². The molecule has 0 spiro atoms. The lowest BCUT2D eigenvalue weighted by Crippen LogP contribution is -2.17. The molecule has 164 valence electrons. The number of ether oxygens (including phenoxy) is 4. The Balaban J connectivity index is 2.18. The van der Waals surface area contributed by atoms with Crippen molar-refractivity contribution in [3.8, 4) is 11.5 Å². The summed E-state index contributed by atoms with van der Waals surface area (Å²) in [6.45, 7) is 13.3. The zero-order valence-corrected chi connectivity index (χ0v) is 19.0. The van der Waals surface area contributed by atoms with Crippen LogP contribution in [0.1, 0.15) is 75.0 Å². The summed E-state index contributed by atoms with van der Waals surface area (Å²) in [4.78, 5) is 12.6. The second-order valence-corrected chi connectivity index (χ2v) is 7.56. The van der Waals surface area contributed by atoms with Gasteiger partial charge in [-0.15, -0.1) is 0 Å². The normalized spacial score (nSPS) is 13.0. The van der Waals surface area contributed by atoms with Gasteiger partial charge in [-0.2, -0.15) is 0 Å². The van der Waals surface area contributed by atoms with E-state index in [4.69, 9.17) is 18.9 Å². The molecule has 0 amide bonds. The fourth-order valence-corrected chi connectivity index (χ4v) is 3.13. The average Bonchev–Trinajstić information content (AvgIpc) is 2.72. The van der Waals surface area contributed by atoms with Crippen molar-refractivity contribution in [1.29, 1.82) is 0 Å². The van der Waals surface area contributed by atoms with Gasteiger partial charge in [0.25, 0.3) is 0 Å². The number of hydrogen-bond acceptors (Lipinski definition) is 5. The minimum Gasteiger partial charge on any atom is -0.394 e. The van der Waals surface area contributed by atoms with Gasteiger partial charge in [0.1, 0.15) is 11.5 Å². The maximum absolute atomic E-state index is 12.6. The van der Waals surface area contributed by atoms with E-state index in [0.717, 1.165) is 35.1 Å². The molecule has 30 heavy (non-hydrogen) atoms. The molecule has 2 atom stereocenters. The summed E-state index contributed by atoms with van der Waals surface area (Å²) in [7, 11) is 0. The molecule has 0 N–H and O–H groups in total. The van der Waals surface area contributed by atoms with Gasteiger partial charge in [-0.3, -0.25) is 0 Å². The third-order valence-corrected chi connectivity index (χ3v) is 4.74. The van der Waals surface area contributed by atoms with Crippen LogP contribution in [0.4, 0.5) is 4.79 Å². The van der Waals surface area contributed by atoms with Crippen molar-refractivity contribution in [2.45, 2.75) is 66.6 Å². The largest absolute Gasteiger partial charge is 0.519 e. The molecule has 2 aromatic rings. The van der Waals surface area contributed by atoms with E-state index in [2.05, 4.69) is 13.8 Å². The Morgan fingerprint density at radius 1 is 0.767 bits per heavy atom. The van der Waals surface area contributed by atoms with Gasteiger partial charge < -0.3 is 18.9 Å². The van der Waals surface area contributed by atoms with E-state index < -0.39 is 6.16 Å². The lowest BCUT2D eigenvalue weighted by Gasteiger charge is -2.19. The van der Waals surface area contributed by atoms with E-state index in [9.17, 15) is 4.79 Å². The number of carbonyl (C=O) groups is 1. The van der Waals surface area contributed by atoms with Gasteiger partial charge in [-0.05, 0) is 64.8 Å². The fourth-order valence-electron chi connectivity index (χ4n) is 3.13. The second-order valence-electron chi connectivity index (χ2n) is 7.56. The van der Waals surface area contributed by atoms with Crippen LogP contribution < -0.4 is 9.47 Å². The van der Waals surface area contributed by atoms with Crippen LogP contribution in [0, 0.1) is 13.8 Å². The molecule has 0 aliphatic rings. The standard InChI is InChI=1S/C25H34O5/c1-7-13-27-19(5)21-15-17(3)9-11-23(21)29-25(26)30-24-12-10-18(4)16-22(24)20(6)28-14-8-2/h9-12,15-16,19-20H,7-8,13-14H2,1-6H3. The summed E-state index contributed by atoms with van der Waals surface area (Å²) < 4.78 is 22.8. The van der Waals surface area contributed by atoms with E-state index in [1.54, 1.807) is 12.1 Å². The van der Waals surface area contributed by atoms with E-state index in [1.165, 1.54) is 0 Å². The van der Waals surface area contributed by atoms with Gasteiger partial charge in [-0.1, -0.05) is 37.1 Å². The Kier molecular flexibility index (Phi) is 9.34. The number of carbonyl (C=O) groups excluding carboxylic acids is 1. The van der Waals surface area contributed by atoms with Crippen LogP contribution in [0.5, 0.6) is 11.5 Å². The van der Waals surface area contributed by atoms with Crippen LogP contribution in [-0.2, 0) is 9.47 Å². The van der Waals surface area contributed by atoms with Crippen LogP contribution in [-0.4, -0.2) is 19.4 Å². The predicted molar refractivity (Wildman–Crippen MR) is 118 cm³/mol. The molecule has 5 nitrogen and oxygen atoms in total. The molecule has 0 radical (unpaired) electrons. The van der Waals surface area contributed by atoms with Crippen molar-refractivity contribution >= 4 is 6.16 Å². The maximum Gasteiger partial charge on any atom is 0.519 e. The predicted octanol–water partition coefficient (Wildman–Crippen LogP) is 6.86. The molecule has 5 heteroatoms. The number of aryl methyl sites for hydroxylation is 2. The molecule has 2 unspecified atom stereocenters. The molecule has 2 rings (SSSR count). The molecule has 0 saturated carbocycles. The molecule has 0 aliphatic carbocycles. The highest BCUT2D eigenvalue weighted by molar-refractivity contribution is 5.68. The number of hydrogen-bond donors (Lipinski definition) is 0. The molecule has 0 bridgehead atoms. The Labute approximate surface area is 180 Å². The van der Waals surface area contributed by atoms with E-state index in [-0.39, 0.29) is 12.2 Å². The van der Waals surface area contributed by atoms with Crippen molar-refractivity contribution in [3.05, 3.63) is 58.7 Å². The Bertz CT molecular complexity index is 763. The molecule has 0 aliphatic heterocycles. The summed E-state index contributed by atoms with van der Waals surface area (Å²) >= 11 is 0. The average molecular weight is 415 g/mol. The number of benzene rings is 2. The van der Waals surface area contributed by atoms with Crippen LogP contribution in [0.15, 0.2) is 36.4 Å². The molecule has 0 aromatic heterocycles. The molecule has 0 fully saturated rings. The number of rotatable bonds is 10. The quantitative estimate of drug-likeness (QED) is 0.314. The highest BCUT2D eigenvalue weighted by Gasteiger charge is 2.19. The fraction of sp³-hybridized carbons (Fsp3) is 0.480. The first-order chi connectivity index (χ1) is 14.3. The van der Waals surface area contributed by atoms with Crippen LogP contribution in [0.2, 0.25) is 0 Å². The topological polar surface area (TPSA) is 54.0 Å². The zero-order chi connectivity index (χ0) is 22.1. The second kappa shape index (κ2) is 11.7. The zero-order valence-electron chi connectivity index (χ0n) is 19.0. The van der Waals surface area contributed by atoms with Gasteiger partial charge in [0.05, 0.1) is 12.2 Å². The molecule has 0 heterocycles. The highest BCUT2D eigenvalue weighted by atomic mass is 16.7. The van der Waals surface area contributed by atoms with Gasteiger partial charge >= 0.3 is 6.16 Å². The Morgan fingerprint density at radius 3 is 1.53 bits per heavy atom. The SMILES string of the molecule is CCCOC(C)c1cc(C)ccc1OC(=O)Oc1ccc(C)cc1C(C)OCCC. The molecule has 0 saturated heterocycles. The first-order valence-electron chi connectivity index (χ1n) is 10.7. The highest BCUT2D eigenvalue weighted by Crippen LogP contribution is 2.31. The minimum absolute atomic E-state index is 0.190. The summed E-state index contributed by atoms with van der Waals surface area (Å²) in [6, 6.07) is 11.3. The summed E-state index contributed by atoms with van der Waals surface area (Å²) in [5.74, 6) is 0.885. The van der Waals surface area contributed by atoms with Crippen molar-refractivity contribution in [2.75, 3.05) is 13.2 Å². The van der Waals surface area contributed by atoms with Crippen molar-refractivity contribution in [2.24, 2.45) is 0 Å². The third kappa shape index (κ3) is 6.85. The summed E-state index contributed by atoms with van der Waals surface area (Å²) in [5, 5.41) is 0. The van der Waals surface area contributed by atoms with Crippen LogP contribution in [0.25, 0.3) is 0 Å². The Morgan fingerprint density at radius 2 is 1.17 bits per heavy atom. The van der Waals surface area contributed by atoms with E-state index >= 15 is 0 Å².